The maximum atomic E-state index is 13.5. The van der Waals surface area contributed by atoms with Crippen molar-refractivity contribution in [1.29, 1.82) is 0 Å². The van der Waals surface area contributed by atoms with E-state index in [0.717, 1.165) is 18.7 Å². The average molecular weight is 347 g/mol. The first-order valence-electron chi connectivity index (χ1n) is 9.36. The van der Waals surface area contributed by atoms with Crippen LogP contribution in [0.3, 0.4) is 0 Å². The van der Waals surface area contributed by atoms with Gasteiger partial charge < -0.3 is 5.32 Å². The van der Waals surface area contributed by atoms with Crippen molar-refractivity contribution in [2.75, 3.05) is 11.9 Å². The lowest BCUT2D eigenvalue weighted by atomic mass is 10.0. The minimum atomic E-state index is -0.147. The number of hydrogen-bond acceptors (Lipinski definition) is 3. The second-order valence-electron chi connectivity index (χ2n) is 7.54. The summed E-state index contributed by atoms with van der Waals surface area (Å²) in [4.78, 5) is 6.75. The van der Waals surface area contributed by atoms with Crippen molar-refractivity contribution in [2.45, 2.75) is 31.5 Å². The van der Waals surface area contributed by atoms with Gasteiger partial charge in [-0.3, -0.25) is 9.88 Å². The number of pyridine rings is 1. The molecule has 1 saturated carbocycles. The van der Waals surface area contributed by atoms with E-state index in [9.17, 15) is 4.39 Å². The molecule has 0 amide bonds. The number of nitrogens with zero attached hydrogens (tertiary/aromatic N) is 2. The van der Waals surface area contributed by atoms with E-state index in [1.165, 1.54) is 35.4 Å². The maximum Gasteiger partial charge on any atom is 0.123 e. The normalized spacial score (nSPS) is 25.0. The van der Waals surface area contributed by atoms with Crippen LogP contribution in [-0.4, -0.2) is 28.5 Å². The number of halogens is 1. The molecule has 1 saturated heterocycles. The number of rotatable bonds is 4. The summed E-state index contributed by atoms with van der Waals surface area (Å²) in [7, 11) is 0. The van der Waals surface area contributed by atoms with Crippen LogP contribution >= 0.6 is 0 Å². The van der Waals surface area contributed by atoms with Crippen molar-refractivity contribution in [3.63, 3.8) is 0 Å². The summed E-state index contributed by atoms with van der Waals surface area (Å²) >= 11 is 0. The van der Waals surface area contributed by atoms with Crippen LogP contribution in [0.5, 0.6) is 0 Å². The first-order chi connectivity index (χ1) is 12.8. The van der Waals surface area contributed by atoms with Gasteiger partial charge in [0, 0.05) is 54.0 Å². The molecule has 1 aromatic heterocycles. The molecule has 0 radical (unpaired) electrons. The third-order valence-corrected chi connectivity index (χ3v) is 5.97. The highest BCUT2D eigenvalue weighted by Crippen LogP contribution is 2.41. The highest BCUT2D eigenvalue weighted by Gasteiger charge is 2.46. The second-order valence-corrected chi connectivity index (χ2v) is 7.54. The standard InChI is InChI=1S/C22H22FN3/c23-18-5-1-3-15(11-18)13-26-14-17-7-8-21(26)22(17)25-20-6-2-4-16-12-24-10-9-19(16)20/h1-6,9-12,17,21-22,25H,7-8,13-14H2/t17-,21-,22+/m1/s1. The van der Waals surface area contributed by atoms with Crippen molar-refractivity contribution >= 4 is 16.5 Å². The third kappa shape index (κ3) is 2.74. The molecule has 2 bridgehead atoms. The lowest BCUT2D eigenvalue weighted by Crippen LogP contribution is -2.36. The van der Waals surface area contributed by atoms with E-state index >= 15 is 0 Å². The molecule has 1 aliphatic heterocycles. The van der Waals surface area contributed by atoms with Crippen LogP contribution in [0.1, 0.15) is 18.4 Å². The minimum absolute atomic E-state index is 0.147. The van der Waals surface area contributed by atoms with Gasteiger partial charge >= 0.3 is 0 Å². The van der Waals surface area contributed by atoms with Crippen LogP contribution in [0.15, 0.2) is 60.9 Å². The summed E-state index contributed by atoms with van der Waals surface area (Å²) in [6, 6.07) is 16.4. The van der Waals surface area contributed by atoms with Gasteiger partial charge in [-0.1, -0.05) is 24.3 Å². The van der Waals surface area contributed by atoms with E-state index < -0.39 is 0 Å². The zero-order valence-electron chi connectivity index (χ0n) is 14.6. The molecule has 0 unspecified atom stereocenters. The topological polar surface area (TPSA) is 28.2 Å². The molecule has 3 atom stereocenters. The molecule has 1 N–H and O–H groups in total. The van der Waals surface area contributed by atoms with Crippen LogP contribution in [0.25, 0.3) is 10.8 Å². The second kappa shape index (κ2) is 6.36. The molecule has 26 heavy (non-hydrogen) atoms. The highest BCUT2D eigenvalue weighted by molar-refractivity contribution is 5.93. The average Bonchev–Trinajstić information content (AvgIpc) is 3.18. The molecule has 2 aromatic carbocycles. The Morgan fingerprint density at radius 3 is 2.96 bits per heavy atom. The smallest absolute Gasteiger partial charge is 0.123 e. The van der Waals surface area contributed by atoms with Gasteiger partial charge in [0.05, 0.1) is 0 Å². The van der Waals surface area contributed by atoms with Gasteiger partial charge in [0.15, 0.2) is 0 Å². The lowest BCUT2D eigenvalue weighted by molar-refractivity contribution is 0.204. The summed E-state index contributed by atoms with van der Waals surface area (Å²) in [5, 5.41) is 6.22. The van der Waals surface area contributed by atoms with Crippen LogP contribution in [0.4, 0.5) is 10.1 Å². The fourth-order valence-corrected chi connectivity index (χ4v) is 4.80. The quantitative estimate of drug-likeness (QED) is 0.756. The number of nitrogens with one attached hydrogen (secondary N) is 1. The Morgan fingerprint density at radius 2 is 2.04 bits per heavy atom. The number of fused-ring (bicyclic) bond motifs is 3. The van der Waals surface area contributed by atoms with Crippen molar-refractivity contribution in [3.05, 3.63) is 72.3 Å². The van der Waals surface area contributed by atoms with Crippen molar-refractivity contribution in [1.82, 2.24) is 9.88 Å². The predicted molar refractivity (Wildman–Crippen MR) is 102 cm³/mol. The van der Waals surface area contributed by atoms with Gasteiger partial charge in [-0.15, -0.1) is 0 Å². The van der Waals surface area contributed by atoms with Crippen molar-refractivity contribution in [3.8, 4) is 0 Å². The van der Waals surface area contributed by atoms with Gasteiger partial charge in [0.25, 0.3) is 0 Å². The van der Waals surface area contributed by atoms with E-state index in [-0.39, 0.29) is 5.82 Å². The SMILES string of the molecule is Fc1cccc(CN2C[C@H]3CC[C@@H]2[C@H]3Nc2cccc3cnccc23)c1. The fourth-order valence-electron chi connectivity index (χ4n) is 4.80. The predicted octanol–water partition coefficient (Wildman–Crippen LogP) is 4.45. The molecule has 4 heteroatoms. The van der Waals surface area contributed by atoms with Gasteiger partial charge in [-0.25, -0.2) is 4.39 Å². The number of aromatic nitrogens is 1. The lowest BCUT2D eigenvalue weighted by Gasteiger charge is -2.27. The molecule has 132 valence electrons. The van der Waals surface area contributed by atoms with Crippen LogP contribution in [0.2, 0.25) is 0 Å². The van der Waals surface area contributed by atoms with E-state index in [4.69, 9.17) is 0 Å². The number of piperidine rings is 1. The molecule has 0 spiro atoms. The van der Waals surface area contributed by atoms with Gasteiger partial charge in [-0.2, -0.15) is 0 Å². The van der Waals surface area contributed by atoms with Crippen LogP contribution in [-0.2, 0) is 6.54 Å². The van der Waals surface area contributed by atoms with E-state index in [1.54, 1.807) is 12.1 Å². The summed E-state index contributed by atoms with van der Waals surface area (Å²) in [5.41, 5.74) is 2.26. The van der Waals surface area contributed by atoms with Gasteiger partial charge in [0.2, 0.25) is 0 Å². The number of anilines is 1. The summed E-state index contributed by atoms with van der Waals surface area (Å²) in [6.07, 6.45) is 6.26. The Labute approximate surface area is 152 Å². The molecule has 1 aliphatic carbocycles. The van der Waals surface area contributed by atoms with Gasteiger partial charge in [-0.05, 0) is 48.6 Å². The van der Waals surface area contributed by atoms with Crippen molar-refractivity contribution in [2.24, 2.45) is 5.92 Å². The Hall–Kier alpha value is -2.46. The monoisotopic (exact) mass is 347 g/mol. The maximum absolute atomic E-state index is 13.5. The van der Waals surface area contributed by atoms with Gasteiger partial charge in [0.1, 0.15) is 5.82 Å². The minimum Gasteiger partial charge on any atom is -0.380 e. The molecule has 3 nitrogen and oxygen atoms in total. The number of benzene rings is 2. The molecule has 2 heterocycles. The summed E-state index contributed by atoms with van der Waals surface area (Å²) < 4.78 is 13.5. The van der Waals surface area contributed by atoms with Crippen molar-refractivity contribution < 1.29 is 4.39 Å². The zero-order valence-corrected chi connectivity index (χ0v) is 14.6. The fraction of sp³-hybridized carbons (Fsp3) is 0.318. The first-order valence-corrected chi connectivity index (χ1v) is 9.36. The first kappa shape index (κ1) is 15.8. The van der Waals surface area contributed by atoms with E-state index in [0.29, 0.717) is 18.0 Å². The number of likely N-dealkylation sites (tertiary alicyclic amines) is 1. The molecule has 2 aliphatic rings. The molecule has 5 rings (SSSR count). The highest BCUT2D eigenvalue weighted by atomic mass is 19.1. The van der Waals surface area contributed by atoms with Crippen LogP contribution < -0.4 is 5.32 Å². The largest absolute Gasteiger partial charge is 0.380 e. The molecular weight excluding hydrogens is 325 g/mol. The summed E-state index contributed by atoms with van der Waals surface area (Å²) in [6.45, 7) is 1.92. The Balaban J connectivity index is 1.37. The Morgan fingerprint density at radius 1 is 1.12 bits per heavy atom. The molecular formula is C22H22FN3. The third-order valence-electron chi connectivity index (χ3n) is 5.97. The molecule has 2 fully saturated rings. The van der Waals surface area contributed by atoms with Crippen LogP contribution in [0, 0.1) is 11.7 Å². The zero-order chi connectivity index (χ0) is 17.5. The summed E-state index contributed by atoms with van der Waals surface area (Å²) in [5.74, 6) is 0.511. The van der Waals surface area contributed by atoms with E-state index in [2.05, 4.69) is 39.5 Å². The molecule has 3 aromatic rings. The number of hydrogen-bond donors (Lipinski definition) is 1. The Bertz CT molecular complexity index is 936. The van der Waals surface area contributed by atoms with E-state index in [1.807, 2.05) is 18.5 Å². The Kier molecular flexibility index (Phi) is 3.86.